The molecule has 0 bridgehead atoms. The minimum Gasteiger partial charge on any atom is -0.462 e. The molecule has 1 atom stereocenters. The summed E-state index contributed by atoms with van der Waals surface area (Å²) < 4.78 is 10.9. The van der Waals surface area contributed by atoms with Crippen molar-refractivity contribution in [3.8, 4) is 17.4 Å². The van der Waals surface area contributed by atoms with Gasteiger partial charge in [0.15, 0.2) is 0 Å². The largest absolute Gasteiger partial charge is 0.462 e. The second kappa shape index (κ2) is 10.6. The van der Waals surface area contributed by atoms with Gasteiger partial charge < -0.3 is 14.5 Å². The molecule has 2 heterocycles. The Morgan fingerprint density at radius 1 is 1.36 bits per heavy atom. The minimum absolute atomic E-state index is 0.0801. The summed E-state index contributed by atoms with van der Waals surface area (Å²) in [7, 11) is 0. The van der Waals surface area contributed by atoms with E-state index >= 15 is 0 Å². The zero-order chi connectivity index (χ0) is 25.8. The number of nitro groups is 1. The van der Waals surface area contributed by atoms with Crippen LogP contribution >= 0.6 is 11.3 Å². The first-order valence-corrected chi connectivity index (χ1v) is 12.2. The van der Waals surface area contributed by atoms with Crippen LogP contribution in [0.5, 0.6) is 0 Å². The average Bonchev–Trinajstić information content (AvgIpc) is 3.46. The van der Waals surface area contributed by atoms with Crippen LogP contribution in [0.1, 0.15) is 46.8 Å². The Bertz CT molecular complexity index is 1410. The number of nitrogens with one attached hydrogen (secondary N) is 1. The Morgan fingerprint density at radius 2 is 2.17 bits per heavy atom. The van der Waals surface area contributed by atoms with E-state index in [0.717, 1.165) is 29.7 Å². The van der Waals surface area contributed by atoms with E-state index in [2.05, 4.69) is 12.2 Å². The second-order valence-electron chi connectivity index (χ2n) is 8.41. The van der Waals surface area contributed by atoms with E-state index in [4.69, 9.17) is 9.15 Å². The van der Waals surface area contributed by atoms with Crippen molar-refractivity contribution in [3.05, 3.63) is 73.8 Å². The number of esters is 1. The summed E-state index contributed by atoms with van der Waals surface area (Å²) in [5.74, 6) is -0.109. The van der Waals surface area contributed by atoms with Gasteiger partial charge >= 0.3 is 5.97 Å². The highest BCUT2D eigenvalue weighted by Gasteiger charge is 2.29. The number of fused-ring (bicyclic) bond motifs is 1. The summed E-state index contributed by atoms with van der Waals surface area (Å²) in [6.07, 6.45) is 3.77. The lowest BCUT2D eigenvalue weighted by molar-refractivity contribution is -0.384. The Kier molecular flexibility index (Phi) is 7.31. The van der Waals surface area contributed by atoms with E-state index < -0.39 is 16.8 Å². The normalized spacial score (nSPS) is 15.0. The molecule has 0 aliphatic heterocycles. The lowest BCUT2D eigenvalue weighted by Gasteiger charge is -2.18. The number of hydrogen-bond acceptors (Lipinski definition) is 8. The molecule has 1 aliphatic rings. The summed E-state index contributed by atoms with van der Waals surface area (Å²) in [5, 5.41) is 23.8. The molecule has 1 aromatic carbocycles. The van der Waals surface area contributed by atoms with E-state index in [0.29, 0.717) is 27.8 Å². The molecule has 0 saturated carbocycles. The topological polar surface area (TPSA) is 135 Å². The van der Waals surface area contributed by atoms with Crippen molar-refractivity contribution in [2.24, 2.45) is 5.92 Å². The van der Waals surface area contributed by atoms with Crippen LogP contribution in [0.25, 0.3) is 17.4 Å². The number of hydrogen-bond donors (Lipinski definition) is 1. The van der Waals surface area contributed by atoms with Crippen LogP contribution in [0, 0.1) is 27.4 Å². The van der Waals surface area contributed by atoms with Crippen molar-refractivity contribution in [1.29, 1.82) is 5.26 Å². The van der Waals surface area contributed by atoms with Crippen molar-refractivity contribution in [3.63, 3.8) is 0 Å². The number of ether oxygens (including phenoxy) is 1. The Hall–Kier alpha value is -4.23. The van der Waals surface area contributed by atoms with Gasteiger partial charge in [-0.05, 0) is 49.8 Å². The van der Waals surface area contributed by atoms with Crippen molar-refractivity contribution in [2.45, 2.75) is 33.1 Å². The van der Waals surface area contributed by atoms with Crippen molar-refractivity contribution >= 4 is 40.0 Å². The lowest BCUT2D eigenvalue weighted by Crippen LogP contribution is -2.17. The first-order chi connectivity index (χ1) is 17.3. The summed E-state index contributed by atoms with van der Waals surface area (Å²) in [6, 6.07) is 11.0. The van der Waals surface area contributed by atoms with E-state index in [1.54, 1.807) is 31.2 Å². The molecule has 0 fully saturated rings. The molecule has 1 amide bonds. The van der Waals surface area contributed by atoms with Gasteiger partial charge in [0.25, 0.3) is 11.6 Å². The van der Waals surface area contributed by atoms with Gasteiger partial charge in [-0.2, -0.15) is 5.26 Å². The number of non-ortho nitro benzene ring substituents is 1. The zero-order valence-corrected chi connectivity index (χ0v) is 20.5. The highest BCUT2D eigenvalue weighted by molar-refractivity contribution is 7.17. The number of furan rings is 1. The van der Waals surface area contributed by atoms with E-state index in [-0.39, 0.29) is 23.6 Å². The molecule has 1 aliphatic carbocycles. The third-order valence-electron chi connectivity index (χ3n) is 5.84. The van der Waals surface area contributed by atoms with Crippen LogP contribution in [0.15, 0.2) is 46.4 Å². The molecule has 0 saturated heterocycles. The van der Waals surface area contributed by atoms with Crippen LogP contribution < -0.4 is 5.32 Å². The lowest BCUT2D eigenvalue weighted by atomic mass is 9.88. The third-order valence-corrected chi connectivity index (χ3v) is 7.01. The molecule has 0 radical (unpaired) electrons. The number of thiophene rings is 1. The smallest absolute Gasteiger partial charge is 0.341 e. The Balaban J connectivity index is 1.60. The fourth-order valence-corrected chi connectivity index (χ4v) is 5.47. The molecule has 184 valence electrons. The van der Waals surface area contributed by atoms with Gasteiger partial charge in [-0.3, -0.25) is 14.9 Å². The molecule has 0 spiro atoms. The first kappa shape index (κ1) is 24.9. The monoisotopic (exact) mass is 505 g/mol. The molecule has 36 heavy (non-hydrogen) atoms. The van der Waals surface area contributed by atoms with Crippen molar-refractivity contribution in [2.75, 3.05) is 11.9 Å². The van der Waals surface area contributed by atoms with Crippen molar-refractivity contribution in [1.82, 2.24) is 0 Å². The number of nitro benzene ring substituents is 1. The van der Waals surface area contributed by atoms with E-state index in [1.807, 2.05) is 6.07 Å². The summed E-state index contributed by atoms with van der Waals surface area (Å²) in [5.41, 5.74) is 1.46. The number of benzene rings is 1. The van der Waals surface area contributed by atoms with E-state index in [1.165, 1.54) is 29.5 Å². The summed E-state index contributed by atoms with van der Waals surface area (Å²) in [6.45, 7) is 4.08. The maximum absolute atomic E-state index is 13.0. The van der Waals surface area contributed by atoms with Crippen LogP contribution in [-0.2, 0) is 22.4 Å². The fraction of sp³-hybridized carbons (Fsp3) is 0.269. The van der Waals surface area contributed by atoms with Crippen LogP contribution in [0.2, 0.25) is 0 Å². The maximum Gasteiger partial charge on any atom is 0.341 e. The summed E-state index contributed by atoms with van der Waals surface area (Å²) >= 11 is 1.34. The second-order valence-corrected chi connectivity index (χ2v) is 9.51. The van der Waals surface area contributed by atoms with Crippen LogP contribution in [0.4, 0.5) is 10.7 Å². The number of anilines is 1. The zero-order valence-electron chi connectivity index (χ0n) is 19.7. The van der Waals surface area contributed by atoms with Crippen molar-refractivity contribution < 1.29 is 23.7 Å². The fourth-order valence-electron chi connectivity index (χ4n) is 4.08. The molecule has 1 N–H and O–H groups in total. The molecule has 10 heteroatoms. The SMILES string of the molecule is CCOC(=O)c1c(NC(=O)/C(C#N)=C/c2ccc(-c3cccc([N+](=O)[O-])c3)o2)sc2c1CC[C@H](C)C2. The van der Waals surface area contributed by atoms with Crippen LogP contribution in [-0.4, -0.2) is 23.4 Å². The van der Waals surface area contributed by atoms with Gasteiger partial charge in [-0.1, -0.05) is 19.1 Å². The standard InChI is InChI=1S/C26H23N3O6S/c1-3-34-26(31)23-20-9-7-15(2)11-22(20)36-25(23)28-24(30)17(14-27)13-19-8-10-21(35-19)16-5-4-6-18(12-16)29(32)33/h4-6,8,10,12-13,15H,3,7,9,11H2,1-2H3,(H,28,30)/b17-13+/t15-/m0/s1. The van der Waals surface area contributed by atoms with Gasteiger partial charge in [-0.15, -0.1) is 11.3 Å². The third kappa shape index (κ3) is 5.21. The van der Waals surface area contributed by atoms with Gasteiger partial charge in [0, 0.05) is 28.6 Å². The Labute approximate surface area is 211 Å². The molecular weight excluding hydrogens is 482 g/mol. The molecular formula is C26H23N3O6S. The van der Waals surface area contributed by atoms with Gasteiger partial charge in [0.05, 0.1) is 17.1 Å². The number of carbonyl (C=O) groups is 2. The predicted octanol–water partition coefficient (Wildman–Crippen LogP) is 5.76. The molecule has 9 nitrogen and oxygen atoms in total. The van der Waals surface area contributed by atoms with Gasteiger partial charge in [0.1, 0.15) is 28.2 Å². The average molecular weight is 506 g/mol. The first-order valence-electron chi connectivity index (χ1n) is 11.4. The molecule has 0 unspecified atom stereocenters. The number of rotatable bonds is 7. The highest BCUT2D eigenvalue weighted by atomic mass is 32.1. The highest BCUT2D eigenvalue weighted by Crippen LogP contribution is 2.40. The number of nitriles is 1. The van der Waals surface area contributed by atoms with Crippen LogP contribution in [0.3, 0.4) is 0 Å². The number of nitrogens with zero attached hydrogens (tertiary/aromatic N) is 2. The minimum atomic E-state index is -0.678. The predicted molar refractivity (Wildman–Crippen MR) is 134 cm³/mol. The maximum atomic E-state index is 13.0. The quantitative estimate of drug-likeness (QED) is 0.142. The van der Waals surface area contributed by atoms with Gasteiger partial charge in [0.2, 0.25) is 0 Å². The molecule has 2 aromatic heterocycles. The number of carbonyl (C=O) groups excluding carboxylic acids is 2. The molecule has 4 rings (SSSR count). The van der Waals surface area contributed by atoms with E-state index in [9.17, 15) is 25.0 Å². The molecule has 3 aromatic rings. The number of amides is 1. The summed E-state index contributed by atoms with van der Waals surface area (Å²) in [4.78, 5) is 37.3. The Morgan fingerprint density at radius 3 is 2.89 bits per heavy atom. The van der Waals surface area contributed by atoms with Gasteiger partial charge in [-0.25, -0.2) is 4.79 Å².